The van der Waals surface area contributed by atoms with Crippen LogP contribution in [0.5, 0.6) is 0 Å². The van der Waals surface area contributed by atoms with Gasteiger partial charge in [-0.3, -0.25) is 10.1 Å². The molecule has 0 unspecified atom stereocenters. The lowest BCUT2D eigenvalue weighted by molar-refractivity contribution is 0.102. The summed E-state index contributed by atoms with van der Waals surface area (Å²) in [6.07, 6.45) is 0. The summed E-state index contributed by atoms with van der Waals surface area (Å²) in [4.78, 5) is 12.4. The number of hydrogen-bond donors (Lipinski definition) is 1. The van der Waals surface area contributed by atoms with Gasteiger partial charge in [-0.15, -0.1) is 10.2 Å². The molecule has 0 saturated carbocycles. The Morgan fingerprint density at radius 3 is 2.32 bits per heavy atom. The second-order valence-corrected chi connectivity index (χ2v) is 7.99. The Kier molecular flexibility index (Phi) is 4.68. The highest BCUT2D eigenvalue weighted by atomic mass is 32.1. The molecule has 2 aromatic carbocycles. The Balaban J connectivity index is 1.75. The van der Waals surface area contributed by atoms with Crippen LogP contribution in [0.4, 0.5) is 5.13 Å². The number of hydrogen-bond acceptors (Lipinski definition) is 4. The fourth-order valence-electron chi connectivity index (χ4n) is 2.49. The number of amides is 1. The first kappa shape index (κ1) is 17.3. The predicted molar refractivity (Wildman–Crippen MR) is 103 cm³/mol. The first-order chi connectivity index (χ1) is 11.8. The summed E-state index contributed by atoms with van der Waals surface area (Å²) in [5.74, 6) is -0.173. The third kappa shape index (κ3) is 3.94. The lowest BCUT2D eigenvalue weighted by atomic mass is 9.87. The maximum atomic E-state index is 12.4. The van der Waals surface area contributed by atoms with Crippen molar-refractivity contribution in [1.29, 1.82) is 0 Å². The minimum atomic E-state index is -0.173. The fraction of sp³-hybridized carbons (Fsp3) is 0.250. The first-order valence-corrected chi connectivity index (χ1v) is 8.97. The van der Waals surface area contributed by atoms with Gasteiger partial charge in [0.05, 0.1) is 0 Å². The van der Waals surface area contributed by atoms with Crippen molar-refractivity contribution in [2.75, 3.05) is 5.32 Å². The molecule has 1 amide bonds. The lowest BCUT2D eigenvalue weighted by Crippen LogP contribution is -2.14. The number of carbonyl (C=O) groups excluding carboxylic acids is 1. The van der Waals surface area contributed by atoms with Gasteiger partial charge in [-0.05, 0) is 35.6 Å². The Bertz CT molecular complexity index is 892. The van der Waals surface area contributed by atoms with E-state index in [0.717, 1.165) is 16.1 Å². The average molecular weight is 351 g/mol. The molecule has 25 heavy (non-hydrogen) atoms. The molecule has 0 radical (unpaired) electrons. The summed E-state index contributed by atoms with van der Waals surface area (Å²) in [5.41, 5.74) is 4.04. The van der Waals surface area contributed by atoms with Crippen LogP contribution in [0.15, 0.2) is 48.5 Å². The zero-order valence-electron chi connectivity index (χ0n) is 14.8. The van der Waals surface area contributed by atoms with Crippen LogP contribution in [-0.4, -0.2) is 16.1 Å². The minimum Gasteiger partial charge on any atom is -0.296 e. The summed E-state index contributed by atoms with van der Waals surface area (Å²) in [5, 5.41) is 12.4. The molecule has 5 heteroatoms. The topological polar surface area (TPSA) is 54.9 Å². The highest BCUT2D eigenvalue weighted by Gasteiger charge is 2.15. The van der Waals surface area contributed by atoms with Gasteiger partial charge in [-0.1, -0.05) is 68.5 Å². The molecule has 0 spiro atoms. The number of nitrogens with zero attached hydrogens (tertiary/aromatic N) is 2. The van der Waals surface area contributed by atoms with E-state index in [1.54, 1.807) is 0 Å². The molecule has 0 aliphatic rings. The van der Waals surface area contributed by atoms with Gasteiger partial charge in [0, 0.05) is 11.1 Å². The van der Waals surface area contributed by atoms with E-state index in [-0.39, 0.29) is 11.3 Å². The third-order valence-corrected chi connectivity index (χ3v) is 4.91. The molecule has 3 rings (SSSR count). The molecule has 1 heterocycles. The number of anilines is 1. The third-order valence-electron chi connectivity index (χ3n) is 4.03. The van der Waals surface area contributed by atoms with Crippen LogP contribution >= 0.6 is 11.3 Å². The summed E-state index contributed by atoms with van der Waals surface area (Å²) in [7, 11) is 0. The molecular formula is C20H21N3OS. The number of rotatable bonds is 3. The van der Waals surface area contributed by atoms with Gasteiger partial charge in [0.2, 0.25) is 5.13 Å². The van der Waals surface area contributed by atoms with Crippen molar-refractivity contribution in [2.24, 2.45) is 0 Å². The van der Waals surface area contributed by atoms with Gasteiger partial charge >= 0.3 is 0 Å². The molecular weight excluding hydrogens is 330 g/mol. The van der Waals surface area contributed by atoms with Crippen LogP contribution in [0.25, 0.3) is 10.6 Å². The van der Waals surface area contributed by atoms with E-state index in [4.69, 9.17) is 0 Å². The van der Waals surface area contributed by atoms with Crippen molar-refractivity contribution in [3.8, 4) is 10.6 Å². The highest BCUT2D eigenvalue weighted by molar-refractivity contribution is 7.18. The van der Waals surface area contributed by atoms with E-state index < -0.39 is 0 Å². The Hall–Kier alpha value is -2.53. The van der Waals surface area contributed by atoms with Crippen molar-refractivity contribution in [1.82, 2.24) is 10.2 Å². The van der Waals surface area contributed by atoms with Crippen LogP contribution in [0.3, 0.4) is 0 Å². The molecule has 4 nitrogen and oxygen atoms in total. The van der Waals surface area contributed by atoms with E-state index in [9.17, 15) is 4.79 Å². The van der Waals surface area contributed by atoms with Gasteiger partial charge in [0.1, 0.15) is 5.01 Å². The Labute approximate surface area is 151 Å². The largest absolute Gasteiger partial charge is 0.296 e. The van der Waals surface area contributed by atoms with Crippen LogP contribution in [0, 0.1) is 6.92 Å². The molecule has 0 saturated heterocycles. The van der Waals surface area contributed by atoms with Crippen molar-refractivity contribution in [3.05, 3.63) is 65.2 Å². The monoisotopic (exact) mass is 351 g/mol. The second-order valence-electron chi connectivity index (χ2n) is 7.01. The van der Waals surface area contributed by atoms with Crippen LogP contribution in [0.2, 0.25) is 0 Å². The van der Waals surface area contributed by atoms with Crippen molar-refractivity contribution < 1.29 is 4.79 Å². The summed E-state index contributed by atoms with van der Waals surface area (Å²) >= 11 is 1.38. The SMILES string of the molecule is Cc1ccccc1-c1nnc(NC(=O)c2ccc(C(C)(C)C)cc2)s1. The van der Waals surface area contributed by atoms with E-state index in [2.05, 4.69) is 36.3 Å². The molecule has 1 N–H and O–H groups in total. The molecule has 0 bridgehead atoms. The lowest BCUT2D eigenvalue weighted by Gasteiger charge is -2.18. The van der Waals surface area contributed by atoms with Gasteiger partial charge in [-0.25, -0.2) is 0 Å². The fourth-order valence-corrected chi connectivity index (χ4v) is 3.32. The van der Waals surface area contributed by atoms with Gasteiger partial charge in [-0.2, -0.15) is 0 Å². The number of carbonyl (C=O) groups is 1. The highest BCUT2D eigenvalue weighted by Crippen LogP contribution is 2.29. The Morgan fingerprint density at radius 2 is 1.68 bits per heavy atom. The summed E-state index contributed by atoms with van der Waals surface area (Å²) in [6.45, 7) is 8.48. The van der Waals surface area contributed by atoms with Crippen molar-refractivity contribution in [3.63, 3.8) is 0 Å². The zero-order valence-corrected chi connectivity index (χ0v) is 15.6. The molecule has 3 aromatic rings. The molecule has 0 aliphatic carbocycles. The number of aromatic nitrogens is 2. The van der Waals surface area contributed by atoms with Crippen LogP contribution in [-0.2, 0) is 5.41 Å². The molecule has 128 valence electrons. The van der Waals surface area contributed by atoms with E-state index in [0.29, 0.717) is 10.7 Å². The second kappa shape index (κ2) is 6.76. The minimum absolute atomic E-state index is 0.0661. The quantitative estimate of drug-likeness (QED) is 0.717. The maximum Gasteiger partial charge on any atom is 0.257 e. The predicted octanol–water partition coefficient (Wildman–Crippen LogP) is 5.06. The average Bonchev–Trinajstić information content (AvgIpc) is 3.03. The van der Waals surface area contributed by atoms with Crippen molar-refractivity contribution >= 4 is 22.4 Å². The number of benzene rings is 2. The van der Waals surface area contributed by atoms with Crippen LogP contribution < -0.4 is 5.32 Å². The molecule has 0 aliphatic heterocycles. The normalized spacial score (nSPS) is 11.4. The number of nitrogens with one attached hydrogen (secondary N) is 1. The smallest absolute Gasteiger partial charge is 0.257 e. The Morgan fingerprint density at radius 1 is 1.00 bits per heavy atom. The zero-order chi connectivity index (χ0) is 18.0. The summed E-state index contributed by atoms with van der Waals surface area (Å²) in [6, 6.07) is 15.7. The first-order valence-electron chi connectivity index (χ1n) is 8.16. The maximum absolute atomic E-state index is 12.4. The van der Waals surface area contributed by atoms with E-state index >= 15 is 0 Å². The number of aryl methyl sites for hydroxylation is 1. The van der Waals surface area contributed by atoms with E-state index in [1.807, 2.05) is 55.5 Å². The van der Waals surface area contributed by atoms with E-state index in [1.165, 1.54) is 16.9 Å². The molecule has 1 aromatic heterocycles. The summed E-state index contributed by atoms with van der Waals surface area (Å²) < 4.78 is 0. The van der Waals surface area contributed by atoms with Crippen LogP contribution in [0.1, 0.15) is 42.3 Å². The van der Waals surface area contributed by atoms with Crippen molar-refractivity contribution in [2.45, 2.75) is 33.1 Å². The molecule has 0 fully saturated rings. The van der Waals surface area contributed by atoms with Gasteiger partial charge in [0.15, 0.2) is 0 Å². The standard InChI is InChI=1S/C20H21N3OS/c1-13-7-5-6-8-16(13)18-22-23-19(25-18)21-17(24)14-9-11-15(12-10-14)20(2,3)4/h5-12H,1-4H3,(H,21,23,24). The van der Waals surface area contributed by atoms with Gasteiger partial charge < -0.3 is 0 Å². The molecule has 0 atom stereocenters. The van der Waals surface area contributed by atoms with Gasteiger partial charge in [0.25, 0.3) is 5.91 Å².